The lowest BCUT2D eigenvalue weighted by Crippen LogP contribution is -2.36. The Labute approximate surface area is 203 Å². The Balaban J connectivity index is 1.58. The molecule has 2 aromatic rings. The van der Waals surface area contributed by atoms with Crippen LogP contribution in [0, 0.1) is 5.92 Å². The van der Waals surface area contributed by atoms with Crippen molar-refractivity contribution in [2.75, 3.05) is 44.1 Å². The fourth-order valence-corrected chi connectivity index (χ4v) is 4.62. The molecule has 1 atom stereocenters. The van der Waals surface area contributed by atoms with Crippen LogP contribution in [0.2, 0.25) is 5.02 Å². The van der Waals surface area contributed by atoms with Crippen LogP contribution in [0.1, 0.15) is 36.0 Å². The van der Waals surface area contributed by atoms with Crippen molar-refractivity contribution < 1.29 is 23.9 Å². The minimum absolute atomic E-state index is 0.0705. The molecule has 1 unspecified atom stereocenters. The highest BCUT2D eigenvalue weighted by molar-refractivity contribution is 6.31. The van der Waals surface area contributed by atoms with Gasteiger partial charge in [-0.1, -0.05) is 17.7 Å². The highest BCUT2D eigenvalue weighted by Gasteiger charge is 2.36. The van der Waals surface area contributed by atoms with Gasteiger partial charge in [-0.05, 0) is 43.5 Å². The van der Waals surface area contributed by atoms with Crippen LogP contribution in [0.15, 0.2) is 36.4 Å². The monoisotopic (exact) mass is 485 g/mol. The van der Waals surface area contributed by atoms with Crippen LogP contribution in [0.25, 0.3) is 0 Å². The maximum atomic E-state index is 13.3. The van der Waals surface area contributed by atoms with Crippen molar-refractivity contribution in [2.24, 2.45) is 5.92 Å². The minimum Gasteiger partial charge on any atom is -0.493 e. The van der Waals surface area contributed by atoms with Crippen molar-refractivity contribution >= 4 is 40.7 Å². The van der Waals surface area contributed by atoms with Crippen molar-refractivity contribution in [3.05, 3.63) is 47.0 Å². The molecule has 8 nitrogen and oxygen atoms in total. The number of methoxy groups -OCH3 is 2. The van der Waals surface area contributed by atoms with E-state index in [1.54, 1.807) is 46.2 Å². The molecule has 0 aliphatic carbocycles. The molecular formula is C25H28ClN3O5. The standard InChI is InChI=1S/C25H28ClN3O5/c1-33-21-13-19(25(32)28-9-4-3-5-10-28)20(14-22(21)34-2)27-24(31)16-11-23(30)29(15-16)18-8-6-7-17(26)12-18/h6-8,12-14,16H,3-5,9-11,15H2,1-2H3,(H,27,31). The second kappa shape index (κ2) is 10.3. The average Bonchev–Trinajstić information content (AvgIpc) is 3.25. The average molecular weight is 486 g/mol. The fraction of sp³-hybridized carbons (Fsp3) is 0.400. The number of nitrogens with one attached hydrogen (secondary N) is 1. The molecule has 2 saturated heterocycles. The molecule has 1 N–H and O–H groups in total. The summed E-state index contributed by atoms with van der Waals surface area (Å²) in [5.74, 6) is -0.422. The summed E-state index contributed by atoms with van der Waals surface area (Å²) in [6, 6.07) is 10.2. The van der Waals surface area contributed by atoms with E-state index in [4.69, 9.17) is 21.1 Å². The summed E-state index contributed by atoms with van der Waals surface area (Å²) < 4.78 is 10.8. The van der Waals surface area contributed by atoms with Gasteiger partial charge in [-0.2, -0.15) is 0 Å². The molecule has 0 saturated carbocycles. The number of piperidine rings is 1. The first kappa shape index (κ1) is 23.9. The van der Waals surface area contributed by atoms with Gasteiger partial charge in [0.1, 0.15) is 0 Å². The zero-order valence-corrected chi connectivity index (χ0v) is 20.1. The topological polar surface area (TPSA) is 88.2 Å². The lowest BCUT2D eigenvalue weighted by atomic mass is 10.0. The van der Waals surface area contributed by atoms with Gasteiger partial charge in [0.2, 0.25) is 11.8 Å². The van der Waals surface area contributed by atoms with Gasteiger partial charge in [0, 0.05) is 42.8 Å². The molecule has 2 aliphatic heterocycles. The van der Waals surface area contributed by atoms with Gasteiger partial charge in [0.25, 0.3) is 5.91 Å². The Bertz CT molecular complexity index is 1100. The van der Waals surface area contributed by atoms with Crippen LogP contribution < -0.4 is 19.7 Å². The van der Waals surface area contributed by atoms with E-state index in [-0.39, 0.29) is 30.7 Å². The summed E-state index contributed by atoms with van der Waals surface area (Å²) in [7, 11) is 2.99. The SMILES string of the molecule is COc1cc(NC(=O)C2CC(=O)N(c3cccc(Cl)c3)C2)c(C(=O)N2CCCCC2)cc1OC. The molecule has 180 valence electrons. The largest absolute Gasteiger partial charge is 0.493 e. The van der Waals surface area contributed by atoms with E-state index in [0.717, 1.165) is 19.3 Å². The molecule has 2 fully saturated rings. The maximum absolute atomic E-state index is 13.3. The van der Waals surface area contributed by atoms with E-state index in [1.165, 1.54) is 14.2 Å². The first-order valence-corrected chi connectivity index (χ1v) is 11.7. The zero-order valence-electron chi connectivity index (χ0n) is 19.3. The molecule has 0 aromatic heterocycles. The molecular weight excluding hydrogens is 458 g/mol. The number of anilines is 2. The summed E-state index contributed by atoms with van der Waals surface area (Å²) >= 11 is 6.07. The number of carbonyl (C=O) groups excluding carboxylic acids is 3. The zero-order chi connectivity index (χ0) is 24.2. The van der Waals surface area contributed by atoms with E-state index in [2.05, 4.69) is 5.32 Å². The van der Waals surface area contributed by atoms with Crippen molar-refractivity contribution in [1.82, 2.24) is 4.90 Å². The Kier molecular flexibility index (Phi) is 7.26. The molecule has 4 rings (SSSR count). The van der Waals surface area contributed by atoms with E-state index < -0.39 is 5.92 Å². The third-order valence-electron chi connectivity index (χ3n) is 6.27. The quantitative estimate of drug-likeness (QED) is 0.668. The molecule has 2 heterocycles. The van der Waals surface area contributed by atoms with Gasteiger partial charge in [-0.3, -0.25) is 14.4 Å². The molecule has 2 aliphatic rings. The number of likely N-dealkylation sites (tertiary alicyclic amines) is 1. The van der Waals surface area contributed by atoms with Crippen molar-refractivity contribution in [1.29, 1.82) is 0 Å². The fourth-order valence-electron chi connectivity index (χ4n) is 4.44. The molecule has 0 bridgehead atoms. The molecule has 2 aromatic carbocycles. The number of benzene rings is 2. The lowest BCUT2D eigenvalue weighted by Gasteiger charge is -2.28. The van der Waals surface area contributed by atoms with Crippen molar-refractivity contribution in [3.63, 3.8) is 0 Å². The molecule has 9 heteroatoms. The summed E-state index contributed by atoms with van der Waals surface area (Å²) in [4.78, 5) is 42.5. The third kappa shape index (κ3) is 4.97. The third-order valence-corrected chi connectivity index (χ3v) is 6.51. The second-order valence-corrected chi connectivity index (χ2v) is 8.92. The minimum atomic E-state index is -0.572. The van der Waals surface area contributed by atoms with Gasteiger partial charge >= 0.3 is 0 Å². The van der Waals surface area contributed by atoms with Crippen LogP contribution in [0.3, 0.4) is 0 Å². The number of ether oxygens (including phenoxy) is 2. The van der Waals surface area contributed by atoms with Gasteiger partial charge in [-0.25, -0.2) is 0 Å². The van der Waals surface area contributed by atoms with Crippen LogP contribution in [0.4, 0.5) is 11.4 Å². The normalized spacial score (nSPS) is 18.1. The Hall–Kier alpha value is -3.26. The van der Waals surface area contributed by atoms with E-state index in [0.29, 0.717) is 46.5 Å². The summed E-state index contributed by atoms with van der Waals surface area (Å²) in [6.45, 7) is 1.58. The van der Waals surface area contributed by atoms with Crippen LogP contribution >= 0.6 is 11.6 Å². The second-order valence-electron chi connectivity index (χ2n) is 8.48. The van der Waals surface area contributed by atoms with Gasteiger partial charge in [-0.15, -0.1) is 0 Å². The molecule has 0 radical (unpaired) electrons. The Morgan fingerprint density at radius 2 is 1.74 bits per heavy atom. The molecule has 0 spiro atoms. The summed E-state index contributed by atoms with van der Waals surface area (Å²) in [5.41, 5.74) is 1.33. The summed E-state index contributed by atoms with van der Waals surface area (Å²) in [6.07, 6.45) is 3.06. The number of halogens is 1. The van der Waals surface area contributed by atoms with Gasteiger partial charge < -0.3 is 24.6 Å². The Morgan fingerprint density at radius 1 is 1.03 bits per heavy atom. The van der Waals surface area contributed by atoms with Crippen LogP contribution in [0.5, 0.6) is 11.5 Å². The first-order chi connectivity index (χ1) is 16.4. The van der Waals surface area contributed by atoms with Crippen LogP contribution in [-0.4, -0.2) is 56.5 Å². The number of rotatable bonds is 6. The highest BCUT2D eigenvalue weighted by atomic mass is 35.5. The van der Waals surface area contributed by atoms with Gasteiger partial charge in [0.15, 0.2) is 11.5 Å². The van der Waals surface area contributed by atoms with Crippen molar-refractivity contribution in [3.8, 4) is 11.5 Å². The van der Waals surface area contributed by atoms with Gasteiger partial charge in [0.05, 0.1) is 31.4 Å². The smallest absolute Gasteiger partial charge is 0.256 e. The molecule has 34 heavy (non-hydrogen) atoms. The number of hydrogen-bond donors (Lipinski definition) is 1. The molecule has 3 amide bonds. The van der Waals surface area contributed by atoms with Crippen molar-refractivity contribution in [2.45, 2.75) is 25.7 Å². The predicted molar refractivity (Wildman–Crippen MR) is 130 cm³/mol. The number of amides is 3. The van der Waals surface area contributed by atoms with E-state index in [1.807, 2.05) is 0 Å². The summed E-state index contributed by atoms with van der Waals surface area (Å²) in [5, 5.41) is 3.39. The van der Waals surface area contributed by atoms with E-state index in [9.17, 15) is 14.4 Å². The van der Waals surface area contributed by atoms with Crippen LogP contribution in [-0.2, 0) is 9.59 Å². The highest BCUT2D eigenvalue weighted by Crippen LogP contribution is 2.35. The maximum Gasteiger partial charge on any atom is 0.256 e. The number of nitrogens with zero attached hydrogens (tertiary/aromatic N) is 2. The van der Waals surface area contributed by atoms with E-state index >= 15 is 0 Å². The lowest BCUT2D eigenvalue weighted by molar-refractivity contribution is -0.122. The number of hydrogen-bond acceptors (Lipinski definition) is 5. The Morgan fingerprint density at radius 3 is 2.41 bits per heavy atom. The number of carbonyl (C=O) groups is 3. The first-order valence-electron chi connectivity index (χ1n) is 11.3. The predicted octanol–water partition coefficient (Wildman–Crippen LogP) is 3.97.